The first-order valence-corrected chi connectivity index (χ1v) is 9.26. The Morgan fingerprint density at radius 2 is 1.85 bits per heavy atom. The summed E-state index contributed by atoms with van der Waals surface area (Å²) in [6.45, 7) is 8.60. The predicted molar refractivity (Wildman–Crippen MR) is 106 cm³/mol. The van der Waals surface area contributed by atoms with Gasteiger partial charge in [0.25, 0.3) is 0 Å². The van der Waals surface area contributed by atoms with Crippen LogP contribution < -0.4 is 0 Å². The van der Waals surface area contributed by atoms with Crippen LogP contribution in [0.4, 0.5) is 0 Å². The fraction of sp³-hybridized carbons (Fsp3) is 0.364. The normalized spacial score (nSPS) is 16.1. The van der Waals surface area contributed by atoms with Crippen molar-refractivity contribution >= 4 is 17.1 Å². The minimum Gasteiger partial charge on any atom is -0.508 e. The van der Waals surface area contributed by atoms with Gasteiger partial charge in [-0.05, 0) is 62.9 Å². The zero-order valence-electron chi connectivity index (χ0n) is 16.3. The number of nitrogens with zero attached hydrogens (tertiary/aromatic N) is 1. The van der Waals surface area contributed by atoms with Crippen LogP contribution in [0.2, 0.25) is 0 Å². The van der Waals surface area contributed by atoms with E-state index in [0.717, 1.165) is 29.8 Å². The van der Waals surface area contributed by atoms with Crippen LogP contribution >= 0.6 is 0 Å². The number of phenolic OH excluding ortho intramolecular Hbond substituents is 1. The minimum absolute atomic E-state index is 0.0181. The summed E-state index contributed by atoms with van der Waals surface area (Å²) in [5, 5.41) is 9.43. The van der Waals surface area contributed by atoms with Crippen molar-refractivity contribution in [1.82, 2.24) is 9.88 Å². The second-order valence-electron chi connectivity index (χ2n) is 7.24. The Kier molecular flexibility index (Phi) is 5.33. The topological polar surface area (TPSA) is 73.4 Å². The summed E-state index contributed by atoms with van der Waals surface area (Å²) in [7, 11) is 0. The van der Waals surface area contributed by atoms with Crippen LogP contribution in [0, 0.1) is 13.8 Å². The van der Waals surface area contributed by atoms with E-state index in [1.165, 1.54) is 12.5 Å². The van der Waals surface area contributed by atoms with Gasteiger partial charge < -0.3 is 10.1 Å². The molecule has 142 valence electrons. The molecule has 2 aromatic rings. The van der Waals surface area contributed by atoms with Gasteiger partial charge in [0.1, 0.15) is 5.75 Å². The summed E-state index contributed by atoms with van der Waals surface area (Å²) in [5.74, 6) is 0.259. The number of H-pyrrole nitrogens is 1. The number of benzene rings is 1. The molecule has 0 saturated heterocycles. The van der Waals surface area contributed by atoms with Crippen LogP contribution in [-0.4, -0.2) is 45.7 Å². The second kappa shape index (κ2) is 7.53. The van der Waals surface area contributed by atoms with E-state index in [-0.39, 0.29) is 23.4 Å². The van der Waals surface area contributed by atoms with Gasteiger partial charge in [-0.1, -0.05) is 18.2 Å². The number of ketones is 2. The molecule has 0 fully saturated rings. The van der Waals surface area contributed by atoms with Crippen LogP contribution in [0.5, 0.6) is 5.75 Å². The molecule has 0 aliphatic carbocycles. The van der Waals surface area contributed by atoms with E-state index in [1.807, 2.05) is 32.9 Å². The van der Waals surface area contributed by atoms with Crippen LogP contribution in [0.25, 0.3) is 5.57 Å². The van der Waals surface area contributed by atoms with E-state index >= 15 is 0 Å². The number of aryl methyl sites for hydroxylation is 1. The number of hydrogen-bond donors (Lipinski definition) is 2. The van der Waals surface area contributed by atoms with E-state index < -0.39 is 0 Å². The number of phenols is 1. The van der Waals surface area contributed by atoms with Crippen molar-refractivity contribution in [2.75, 3.05) is 13.1 Å². The Hall–Kier alpha value is -2.66. The molecule has 5 heteroatoms. The molecular formula is C22H26N2O3. The fourth-order valence-corrected chi connectivity index (χ4v) is 3.87. The van der Waals surface area contributed by atoms with Crippen LogP contribution in [0.3, 0.4) is 0 Å². The van der Waals surface area contributed by atoms with Gasteiger partial charge in [0, 0.05) is 24.3 Å². The number of aromatic nitrogens is 1. The van der Waals surface area contributed by atoms with Gasteiger partial charge >= 0.3 is 0 Å². The quantitative estimate of drug-likeness (QED) is 0.787. The molecule has 3 rings (SSSR count). The smallest absolute Gasteiger partial charge is 0.196 e. The largest absolute Gasteiger partial charge is 0.508 e. The molecule has 5 nitrogen and oxygen atoms in total. The molecule has 0 unspecified atom stereocenters. The molecule has 2 heterocycles. The van der Waals surface area contributed by atoms with Crippen molar-refractivity contribution in [2.24, 2.45) is 0 Å². The zero-order valence-corrected chi connectivity index (χ0v) is 16.3. The van der Waals surface area contributed by atoms with Crippen LogP contribution in [0.15, 0.2) is 30.3 Å². The first-order valence-electron chi connectivity index (χ1n) is 9.26. The Bertz CT molecular complexity index is 906. The maximum absolute atomic E-state index is 13.0. The highest BCUT2D eigenvalue weighted by molar-refractivity contribution is 6.05. The summed E-state index contributed by atoms with van der Waals surface area (Å²) < 4.78 is 0. The molecule has 0 saturated carbocycles. The lowest BCUT2D eigenvalue weighted by molar-refractivity contribution is 0.0846. The third kappa shape index (κ3) is 3.74. The molecular weight excluding hydrogens is 340 g/mol. The minimum atomic E-state index is -0.265. The molecule has 0 radical (unpaired) electrons. The molecule has 1 aromatic carbocycles. The first kappa shape index (κ1) is 19.1. The van der Waals surface area contributed by atoms with Crippen molar-refractivity contribution in [3.05, 3.63) is 58.4 Å². The van der Waals surface area contributed by atoms with Gasteiger partial charge in [0.2, 0.25) is 0 Å². The highest BCUT2D eigenvalue weighted by Gasteiger charge is 2.28. The highest BCUT2D eigenvalue weighted by Crippen LogP contribution is 2.26. The number of nitrogens with one attached hydrogen (secondary N) is 1. The maximum atomic E-state index is 13.0. The maximum Gasteiger partial charge on any atom is 0.196 e. The van der Waals surface area contributed by atoms with E-state index in [0.29, 0.717) is 17.8 Å². The van der Waals surface area contributed by atoms with E-state index in [2.05, 4.69) is 16.0 Å². The number of carbonyl (C=O) groups excluding carboxylic acids is 2. The molecule has 1 aliphatic heterocycles. The SMILES string of the molecule is CC(=O)c1c(C)[nH]c(C(=O)[C@H](C)N2CC=C(c3ccc(O)cc3)CC2)c1C. The lowest BCUT2D eigenvalue weighted by Crippen LogP contribution is -2.41. The number of aromatic hydroxyl groups is 1. The summed E-state index contributed by atoms with van der Waals surface area (Å²) in [4.78, 5) is 30.1. The van der Waals surface area contributed by atoms with Crippen LogP contribution in [0.1, 0.15) is 57.9 Å². The fourth-order valence-electron chi connectivity index (χ4n) is 3.87. The summed E-state index contributed by atoms with van der Waals surface area (Å²) >= 11 is 0. The van der Waals surface area contributed by atoms with Crippen molar-refractivity contribution in [3.8, 4) is 5.75 Å². The average Bonchev–Trinajstić information content (AvgIpc) is 2.95. The first-order chi connectivity index (χ1) is 12.8. The van der Waals surface area contributed by atoms with Crippen molar-refractivity contribution in [1.29, 1.82) is 0 Å². The third-order valence-corrected chi connectivity index (χ3v) is 5.44. The van der Waals surface area contributed by atoms with Gasteiger partial charge in [-0.25, -0.2) is 0 Å². The summed E-state index contributed by atoms with van der Waals surface area (Å²) in [6, 6.07) is 6.95. The Labute approximate surface area is 159 Å². The molecule has 0 bridgehead atoms. The average molecular weight is 366 g/mol. The van der Waals surface area contributed by atoms with Gasteiger partial charge in [0.05, 0.1) is 11.7 Å². The lowest BCUT2D eigenvalue weighted by atomic mass is 9.97. The Morgan fingerprint density at radius 1 is 1.19 bits per heavy atom. The Morgan fingerprint density at radius 3 is 2.37 bits per heavy atom. The van der Waals surface area contributed by atoms with Gasteiger partial charge in [-0.2, -0.15) is 0 Å². The lowest BCUT2D eigenvalue weighted by Gasteiger charge is -2.31. The monoisotopic (exact) mass is 366 g/mol. The second-order valence-corrected chi connectivity index (χ2v) is 7.24. The number of aromatic amines is 1. The Balaban J connectivity index is 1.75. The summed E-state index contributed by atoms with van der Waals surface area (Å²) in [6.07, 6.45) is 3.00. The van der Waals surface area contributed by atoms with Crippen LogP contribution in [-0.2, 0) is 0 Å². The molecule has 1 atom stereocenters. The molecule has 1 aliphatic rings. The van der Waals surface area contributed by atoms with Gasteiger partial charge in [-0.15, -0.1) is 0 Å². The zero-order chi connectivity index (χ0) is 19.7. The van der Waals surface area contributed by atoms with E-state index in [9.17, 15) is 14.7 Å². The van der Waals surface area contributed by atoms with E-state index in [1.54, 1.807) is 12.1 Å². The number of hydrogen-bond acceptors (Lipinski definition) is 4. The predicted octanol–water partition coefficient (Wildman–Crippen LogP) is 3.90. The van der Waals surface area contributed by atoms with Crippen molar-refractivity contribution in [3.63, 3.8) is 0 Å². The molecule has 2 N–H and O–H groups in total. The molecule has 0 spiro atoms. The number of rotatable bonds is 5. The van der Waals surface area contributed by atoms with E-state index in [4.69, 9.17) is 0 Å². The number of carbonyl (C=O) groups is 2. The summed E-state index contributed by atoms with van der Waals surface area (Å²) in [5.41, 5.74) is 5.00. The third-order valence-electron chi connectivity index (χ3n) is 5.44. The van der Waals surface area contributed by atoms with Crippen molar-refractivity contribution in [2.45, 2.75) is 40.2 Å². The standard InChI is InChI=1S/C22H26N2O3/c1-13-20(16(4)25)14(2)23-21(13)22(27)15(3)24-11-9-18(10-12-24)17-5-7-19(26)8-6-17/h5-9,15,23,26H,10-12H2,1-4H3/t15-/m0/s1. The van der Waals surface area contributed by atoms with Gasteiger partial charge in [0.15, 0.2) is 11.6 Å². The van der Waals surface area contributed by atoms with Crippen molar-refractivity contribution < 1.29 is 14.7 Å². The molecule has 27 heavy (non-hydrogen) atoms. The highest BCUT2D eigenvalue weighted by atomic mass is 16.3. The van der Waals surface area contributed by atoms with Gasteiger partial charge in [-0.3, -0.25) is 14.5 Å². The molecule has 0 amide bonds. The molecule has 1 aromatic heterocycles. The number of Topliss-reactive ketones (excluding diaryl/α,β-unsaturated/α-hetero) is 2.